The number of para-hydroxylation sites is 1. The number of rotatable bonds is 7. The van der Waals surface area contributed by atoms with Gasteiger partial charge in [-0.15, -0.1) is 23.1 Å². The molecule has 5 nitrogen and oxygen atoms in total. The molecule has 0 aliphatic rings. The van der Waals surface area contributed by atoms with E-state index in [4.69, 9.17) is 4.42 Å². The number of amides is 2. The highest BCUT2D eigenvalue weighted by Gasteiger charge is 2.21. The predicted octanol–water partition coefficient (Wildman–Crippen LogP) is 6.63. The lowest BCUT2D eigenvalue weighted by Crippen LogP contribution is -2.18. The van der Waals surface area contributed by atoms with Gasteiger partial charge in [0, 0.05) is 34.0 Å². The minimum atomic E-state index is -0.315. The van der Waals surface area contributed by atoms with Gasteiger partial charge < -0.3 is 15.1 Å². The Morgan fingerprint density at radius 1 is 1.00 bits per heavy atom. The molecular formula is C24H22N2O3S2. The van der Waals surface area contributed by atoms with Gasteiger partial charge in [0.2, 0.25) is 5.91 Å². The first kappa shape index (κ1) is 21.2. The van der Waals surface area contributed by atoms with Crippen LogP contribution in [0.2, 0.25) is 0 Å². The number of anilines is 2. The first-order valence-corrected chi connectivity index (χ1v) is 11.8. The number of hydrogen-bond donors (Lipinski definition) is 2. The highest BCUT2D eigenvalue weighted by atomic mass is 32.2. The molecule has 158 valence electrons. The molecule has 2 amide bonds. The van der Waals surface area contributed by atoms with Crippen molar-refractivity contribution in [2.75, 3.05) is 10.6 Å². The van der Waals surface area contributed by atoms with E-state index in [0.717, 1.165) is 10.9 Å². The smallest absolute Gasteiger partial charge is 0.291 e. The Balaban J connectivity index is 1.57. The maximum absolute atomic E-state index is 13.1. The Kier molecular flexibility index (Phi) is 6.44. The van der Waals surface area contributed by atoms with E-state index >= 15 is 0 Å². The van der Waals surface area contributed by atoms with Gasteiger partial charge in [0.05, 0.1) is 4.21 Å². The second-order valence-corrected chi connectivity index (χ2v) is 9.53. The monoisotopic (exact) mass is 450 g/mol. The highest BCUT2D eigenvalue weighted by molar-refractivity contribution is 8.00. The van der Waals surface area contributed by atoms with Gasteiger partial charge >= 0.3 is 0 Å². The van der Waals surface area contributed by atoms with Crippen LogP contribution in [0.3, 0.4) is 0 Å². The van der Waals surface area contributed by atoms with Crippen LogP contribution in [0.4, 0.5) is 11.4 Å². The first-order valence-electron chi connectivity index (χ1n) is 9.90. The summed E-state index contributed by atoms with van der Waals surface area (Å²) >= 11 is 3.35. The third-order valence-corrected chi connectivity index (χ3v) is 6.83. The average Bonchev–Trinajstić information content (AvgIpc) is 3.40. The minimum absolute atomic E-state index is 0.0753. The number of benzene rings is 2. The lowest BCUT2D eigenvalue weighted by Gasteiger charge is -2.10. The summed E-state index contributed by atoms with van der Waals surface area (Å²) in [6.45, 7) is 3.66. The quantitative estimate of drug-likeness (QED) is 0.310. The molecular weight excluding hydrogens is 428 g/mol. The van der Waals surface area contributed by atoms with Gasteiger partial charge in [-0.1, -0.05) is 44.2 Å². The van der Waals surface area contributed by atoms with E-state index in [9.17, 15) is 9.59 Å². The number of carbonyl (C=O) groups excluding carboxylic acids is 2. The van der Waals surface area contributed by atoms with Gasteiger partial charge in [-0.3, -0.25) is 9.59 Å². The Hall–Kier alpha value is -3.03. The maximum atomic E-state index is 13.1. The molecule has 2 aromatic carbocycles. The summed E-state index contributed by atoms with van der Waals surface area (Å²) in [4.78, 5) is 25.1. The molecule has 31 heavy (non-hydrogen) atoms. The van der Waals surface area contributed by atoms with Crippen molar-refractivity contribution in [3.63, 3.8) is 0 Å². The second kappa shape index (κ2) is 9.41. The van der Waals surface area contributed by atoms with Gasteiger partial charge in [-0.2, -0.15) is 0 Å². The van der Waals surface area contributed by atoms with Crippen molar-refractivity contribution in [3.05, 3.63) is 77.4 Å². The molecule has 0 saturated carbocycles. The van der Waals surface area contributed by atoms with Crippen LogP contribution in [0.25, 0.3) is 11.0 Å². The van der Waals surface area contributed by atoms with Gasteiger partial charge in [0.1, 0.15) is 5.58 Å². The summed E-state index contributed by atoms with van der Waals surface area (Å²) in [5.74, 6) is 0.420. The number of hydrogen-bond acceptors (Lipinski definition) is 5. The lowest BCUT2D eigenvalue weighted by atomic mass is 10.1. The molecule has 0 bridgehead atoms. The molecule has 0 atom stereocenters. The average molecular weight is 451 g/mol. The molecule has 2 aromatic heterocycles. The number of carbonyl (C=O) groups is 2. The van der Waals surface area contributed by atoms with E-state index in [1.165, 1.54) is 4.21 Å². The fourth-order valence-electron chi connectivity index (χ4n) is 3.06. The van der Waals surface area contributed by atoms with Crippen LogP contribution >= 0.6 is 23.1 Å². The van der Waals surface area contributed by atoms with Crippen LogP contribution in [0.15, 0.2) is 74.7 Å². The van der Waals surface area contributed by atoms with Crippen LogP contribution in [0.1, 0.15) is 30.0 Å². The standard InChI is InChI=1S/C24H22N2O3S2/c1-15(2)23(27)25-16-7-5-8-17(13-16)26-24(28)22-19(14-31-21-11-6-12-30-21)18-9-3-4-10-20(18)29-22/h3-13,15H,14H2,1-2H3,(H,25,27)(H,26,28). The predicted molar refractivity (Wildman–Crippen MR) is 128 cm³/mol. The Morgan fingerprint density at radius 2 is 1.77 bits per heavy atom. The molecule has 0 fully saturated rings. The van der Waals surface area contributed by atoms with Crippen molar-refractivity contribution in [2.24, 2.45) is 5.92 Å². The SMILES string of the molecule is CC(C)C(=O)Nc1cccc(NC(=O)c2oc3ccccc3c2CSc2cccs2)c1. The van der Waals surface area contributed by atoms with E-state index in [1.807, 2.05) is 49.6 Å². The lowest BCUT2D eigenvalue weighted by molar-refractivity contribution is -0.118. The summed E-state index contributed by atoms with van der Waals surface area (Å²) in [6, 6.07) is 18.9. The van der Waals surface area contributed by atoms with E-state index in [1.54, 1.807) is 47.4 Å². The Morgan fingerprint density at radius 3 is 2.52 bits per heavy atom. The second-order valence-electron chi connectivity index (χ2n) is 7.31. The topological polar surface area (TPSA) is 71.3 Å². The largest absolute Gasteiger partial charge is 0.451 e. The minimum Gasteiger partial charge on any atom is -0.451 e. The summed E-state index contributed by atoms with van der Waals surface area (Å²) in [7, 11) is 0. The summed E-state index contributed by atoms with van der Waals surface area (Å²) in [5.41, 5.74) is 2.78. The Bertz CT molecular complexity index is 1210. The number of thiophene rings is 1. The zero-order valence-electron chi connectivity index (χ0n) is 17.2. The van der Waals surface area contributed by atoms with Crippen LogP contribution in [-0.2, 0) is 10.5 Å². The van der Waals surface area contributed by atoms with Crippen molar-refractivity contribution in [3.8, 4) is 0 Å². The van der Waals surface area contributed by atoms with Crippen molar-refractivity contribution in [1.82, 2.24) is 0 Å². The highest BCUT2D eigenvalue weighted by Crippen LogP contribution is 2.34. The number of fused-ring (bicyclic) bond motifs is 1. The normalized spacial score (nSPS) is 11.1. The third kappa shape index (κ3) is 5.00. The molecule has 0 aliphatic carbocycles. The fraction of sp³-hybridized carbons (Fsp3) is 0.167. The molecule has 4 rings (SSSR count). The molecule has 0 radical (unpaired) electrons. The number of furan rings is 1. The molecule has 0 aliphatic heterocycles. The molecule has 2 N–H and O–H groups in total. The van der Waals surface area contributed by atoms with Gasteiger partial charge in [0.25, 0.3) is 5.91 Å². The van der Waals surface area contributed by atoms with Crippen LogP contribution in [-0.4, -0.2) is 11.8 Å². The zero-order chi connectivity index (χ0) is 21.8. The molecule has 2 heterocycles. The van der Waals surface area contributed by atoms with Gasteiger partial charge in [0.15, 0.2) is 5.76 Å². The van der Waals surface area contributed by atoms with Crippen molar-refractivity contribution < 1.29 is 14.0 Å². The maximum Gasteiger partial charge on any atom is 0.291 e. The fourth-order valence-corrected chi connectivity index (χ4v) is 4.88. The molecule has 0 unspecified atom stereocenters. The molecule has 4 aromatic rings. The van der Waals surface area contributed by atoms with Crippen molar-refractivity contribution in [2.45, 2.75) is 23.8 Å². The summed E-state index contributed by atoms with van der Waals surface area (Å²) < 4.78 is 7.12. The van der Waals surface area contributed by atoms with E-state index in [2.05, 4.69) is 16.7 Å². The van der Waals surface area contributed by atoms with Crippen LogP contribution < -0.4 is 10.6 Å². The van der Waals surface area contributed by atoms with E-state index < -0.39 is 0 Å². The Labute approximate surface area is 188 Å². The summed E-state index contributed by atoms with van der Waals surface area (Å²) in [6.07, 6.45) is 0. The number of thioether (sulfide) groups is 1. The molecule has 0 saturated heterocycles. The van der Waals surface area contributed by atoms with Crippen molar-refractivity contribution in [1.29, 1.82) is 0 Å². The first-order chi connectivity index (χ1) is 15.0. The van der Waals surface area contributed by atoms with Gasteiger partial charge in [-0.05, 0) is 35.7 Å². The van der Waals surface area contributed by atoms with Crippen LogP contribution in [0, 0.1) is 5.92 Å². The molecule has 7 heteroatoms. The molecule has 0 spiro atoms. The summed E-state index contributed by atoms with van der Waals surface area (Å²) in [5, 5.41) is 8.73. The van der Waals surface area contributed by atoms with Crippen molar-refractivity contribution >= 4 is 57.3 Å². The van der Waals surface area contributed by atoms with Gasteiger partial charge in [-0.25, -0.2) is 0 Å². The van der Waals surface area contributed by atoms with E-state index in [0.29, 0.717) is 28.5 Å². The zero-order valence-corrected chi connectivity index (χ0v) is 18.8. The van der Waals surface area contributed by atoms with E-state index in [-0.39, 0.29) is 17.7 Å². The number of nitrogens with one attached hydrogen (secondary N) is 2. The van der Waals surface area contributed by atoms with Crippen LogP contribution in [0.5, 0.6) is 0 Å². The third-order valence-electron chi connectivity index (χ3n) is 4.67.